The fraction of sp³-hybridized carbons (Fsp3) is 0.0870. The molecule has 4 aromatic rings. The number of benzene rings is 2. The summed E-state index contributed by atoms with van der Waals surface area (Å²) in [6, 6.07) is 13.6. The molecule has 0 aliphatic rings. The number of H-pyrrole nitrogens is 1. The maximum atomic E-state index is 12.5. The molecule has 0 saturated heterocycles. The highest BCUT2D eigenvalue weighted by Crippen LogP contribution is 2.18. The van der Waals surface area contributed by atoms with E-state index in [-0.39, 0.29) is 16.4 Å². The molecule has 0 saturated carbocycles. The molecule has 2 heterocycles. The second kappa shape index (κ2) is 10.1. The van der Waals surface area contributed by atoms with Gasteiger partial charge in [-0.25, -0.2) is 32.9 Å². The van der Waals surface area contributed by atoms with E-state index in [4.69, 9.17) is 4.74 Å². The number of ether oxygens (including phenoxy) is 1. The van der Waals surface area contributed by atoms with E-state index in [1.165, 1.54) is 43.6 Å². The van der Waals surface area contributed by atoms with Gasteiger partial charge in [0.1, 0.15) is 5.82 Å². The second-order valence-corrected chi connectivity index (χ2v) is 8.94. The Morgan fingerprint density at radius 3 is 2.26 bits per heavy atom. The number of carbonyl (C=O) groups is 2. The molecule has 0 fully saturated rings. The standard InChI is InChI=1S/C23H20N6O5S/c1-15(34-22(31)17-5-3-16(4-6-17)20-24-13-14-25-20)21(30)28-18-7-9-19(10-8-18)35(32,33)29-23-26-11-2-12-27-23/h2-15H,1H3,(H,24,25)(H,28,30)(H,26,27,29). The first kappa shape index (κ1) is 23.6. The van der Waals surface area contributed by atoms with Gasteiger partial charge in [-0.2, -0.15) is 0 Å². The van der Waals surface area contributed by atoms with Crippen molar-refractivity contribution in [1.29, 1.82) is 0 Å². The minimum Gasteiger partial charge on any atom is -0.449 e. The number of esters is 1. The molecule has 2 aromatic heterocycles. The Balaban J connectivity index is 1.33. The first-order valence-corrected chi connectivity index (χ1v) is 11.8. The molecule has 11 nitrogen and oxygen atoms in total. The average Bonchev–Trinajstić information content (AvgIpc) is 3.40. The van der Waals surface area contributed by atoms with Gasteiger partial charge in [0, 0.05) is 36.0 Å². The highest BCUT2D eigenvalue weighted by Gasteiger charge is 2.20. The monoisotopic (exact) mass is 492 g/mol. The van der Waals surface area contributed by atoms with E-state index in [0.29, 0.717) is 11.5 Å². The Labute approximate surface area is 200 Å². The number of aromatic nitrogens is 4. The predicted octanol–water partition coefficient (Wildman–Crippen LogP) is 2.85. The molecule has 4 rings (SSSR count). The summed E-state index contributed by atoms with van der Waals surface area (Å²) in [7, 11) is -3.90. The number of amides is 1. The zero-order valence-electron chi connectivity index (χ0n) is 18.4. The molecule has 0 aliphatic heterocycles. The second-order valence-electron chi connectivity index (χ2n) is 7.25. The zero-order valence-corrected chi connectivity index (χ0v) is 19.2. The number of nitrogens with zero attached hydrogens (tertiary/aromatic N) is 3. The van der Waals surface area contributed by atoms with Gasteiger partial charge in [0.05, 0.1) is 10.5 Å². The smallest absolute Gasteiger partial charge is 0.338 e. The van der Waals surface area contributed by atoms with Crippen molar-refractivity contribution in [1.82, 2.24) is 19.9 Å². The summed E-state index contributed by atoms with van der Waals surface area (Å²) in [6.07, 6.45) is 5.05. The van der Waals surface area contributed by atoms with Gasteiger partial charge in [0.15, 0.2) is 6.10 Å². The Hall–Kier alpha value is -4.58. The predicted molar refractivity (Wildman–Crippen MR) is 127 cm³/mol. The third-order valence-electron chi connectivity index (χ3n) is 4.77. The van der Waals surface area contributed by atoms with E-state index in [9.17, 15) is 18.0 Å². The van der Waals surface area contributed by atoms with E-state index >= 15 is 0 Å². The Morgan fingerprint density at radius 1 is 0.943 bits per heavy atom. The molecule has 178 valence electrons. The largest absolute Gasteiger partial charge is 0.449 e. The van der Waals surface area contributed by atoms with Gasteiger partial charge in [-0.05, 0) is 49.4 Å². The van der Waals surface area contributed by atoms with E-state index in [2.05, 4.69) is 30.0 Å². The number of rotatable bonds is 8. The molecule has 12 heteroatoms. The van der Waals surface area contributed by atoms with Gasteiger partial charge in [-0.1, -0.05) is 12.1 Å². The molecule has 3 N–H and O–H groups in total. The van der Waals surface area contributed by atoms with Crippen LogP contribution in [0.15, 0.2) is 84.3 Å². The summed E-state index contributed by atoms with van der Waals surface area (Å²) in [5.41, 5.74) is 1.41. The normalized spacial score (nSPS) is 11.9. The summed E-state index contributed by atoms with van der Waals surface area (Å²) in [4.78, 5) is 39.6. The van der Waals surface area contributed by atoms with Gasteiger partial charge in [0.25, 0.3) is 15.9 Å². The van der Waals surface area contributed by atoms with Crippen molar-refractivity contribution in [3.8, 4) is 11.4 Å². The maximum Gasteiger partial charge on any atom is 0.338 e. The number of hydrogen-bond donors (Lipinski definition) is 3. The Kier molecular flexibility index (Phi) is 6.83. The first-order chi connectivity index (χ1) is 16.8. The lowest BCUT2D eigenvalue weighted by molar-refractivity contribution is -0.123. The molecule has 0 radical (unpaired) electrons. The Morgan fingerprint density at radius 2 is 1.63 bits per heavy atom. The highest BCUT2D eigenvalue weighted by atomic mass is 32.2. The quantitative estimate of drug-likeness (QED) is 0.317. The maximum absolute atomic E-state index is 12.5. The van der Waals surface area contributed by atoms with Gasteiger partial charge >= 0.3 is 5.97 Å². The molecular formula is C23H20N6O5S. The zero-order chi connectivity index (χ0) is 24.8. The molecule has 0 aliphatic carbocycles. The number of nitrogens with one attached hydrogen (secondary N) is 3. The SMILES string of the molecule is CC(OC(=O)c1ccc(-c2ncc[nH]2)cc1)C(=O)Nc1ccc(S(=O)(=O)Nc2ncccn2)cc1. The lowest BCUT2D eigenvalue weighted by atomic mass is 10.1. The molecule has 1 unspecified atom stereocenters. The summed E-state index contributed by atoms with van der Waals surface area (Å²) in [6.45, 7) is 1.44. The lowest BCUT2D eigenvalue weighted by Crippen LogP contribution is -2.30. The van der Waals surface area contributed by atoms with Gasteiger partial charge < -0.3 is 15.0 Å². The highest BCUT2D eigenvalue weighted by molar-refractivity contribution is 7.92. The minimum atomic E-state index is -3.90. The van der Waals surface area contributed by atoms with Crippen molar-refractivity contribution >= 4 is 33.5 Å². The first-order valence-electron chi connectivity index (χ1n) is 10.3. The summed E-state index contributed by atoms with van der Waals surface area (Å²) < 4.78 is 32.4. The molecule has 1 amide bonds. The fourth-order valence-corrected chi connectivity index (χ4v) is 3.92. The van der Waals surface area contributed by atoms with Crippen LogP contribution >= 0.6 is 0 Å². The van der Waals surface area contributed by atoms with Gasteiger partial charge in [-0.15, -0.1) is 0 Å². The summed E-state index contributed by atoms with van der Waals surface area (Å²) >= 11 is 0. The van der Waals surface area contributed by atoms with Crippen LogP contribution in [0.2, 0.25) is 0 Å². The van der Waals surface area contributed by atoms with Crippen molar-refractivity contribution in [2.24, 2.45) is 0 Å². The third kappa shape index (κ3) is 5.86. The molecule has 2 aromatic carbocycles. The van der Waals surface area contributed by atoms with E-state index < -0.39 is 28.0 Å². The van der Waals surface area contributed by atoms with Crippen LogP contribution in [-0.2, 0) is 19.6 Å². The van der Waals surface area contributed by atoms with Crippen molar-refractivity contribution in [2.75, 3.05) is 10.0 Å². The van der Waals surface area contributed by atoms with Crippen LogP contribution in [0.3, 0.4) is 0 Å². The summed E-state index contributed by atoms with van der Waals surface area (Å²) in [5, 5.41) is 2.59. The van der Waals surface area contributed by atoms with Crippen LogP contribution < -0.4 is 10.0 Å². The van der Waals surface area contributed by atoms with Crippen LogP contribution in [0.4, 0.5) is 11.6 Å². The number of carbonyl (C=O) groups excluding carboxylic acids is 2. The molecule has 0 bridgehead atoms. The lowest BCUT2D eigenvalue weighted by Gasteiger charge is -2.14. The molecular weight excluding hydrogens is 472 g/mol. The van der Waals surface area contributed by atoms with Gasteiger partial charge in [-0.3, -0.25) is 4.79 Å². The number of sulfonamides is 1. The summed E-state index contributed by atoms with van der Waals surface area (Å²) in [5.74, 6) is -0.622. The minimum absolute atomic E-state index is 0.0413. The van der Waals surface area contributed by atoms with Crippen LogP contribution in [0.5, 0.6) is 0 Å². The van der Waals surface area contributed by atoms with Crippen molar-refractivity contribution in [3.63, 3.8) is 0 Å². The van der Waals surface area contributed by atoms with Crippen molar-refractivity contribution in [2.45, 2.75) is 17.9 Å². The topological polar surface area (TPSA) is 156 Å². The number of anilines is 2. The van der Waals surface area contributed by atoms with Crippen LogP contribution in [0, 0.1) is 0 Å². The van der Waals surface area contributed by atoms with Crippen LogP contribution in [0.1, 0.15) is 17.3 Å². The van der Waals surface area contributed by atoms with Gasteiger partial charge in [0.2, 0.25) is 5.95 Å². The average molecular weight is 493 g/mol. The fourth-order valence-electron chi connectivity index (χ4n) is 2.96. The van der Waals surface area contributed by atoms with Crippen molar-refractivity contribution < 1.29 is 22.7 Å². The molecule has 0 spiro atoms. The molecule has 35 heavy (non-hydrogen) atoms. The van der Waals surface area contributed by atoms with E-state index in [0.717, 1.165) is 5.56 Å². The van der Waals surface area contributed by atoms with E-state index in [1.807, 2.05) is 0 Å². The third-order valence-corrected chi connectivity index (χ3v) is 6.11. The number of hydrogen-bond acceptors (Lipinski definition) is 8. The number of aromatic amines is 1. The Bertz CT molecular complexity index is 1410. The van der Waals surface area contributed by atoms with Crippen LogP contribution in [0.25, 0.3) is 11.4 Å². The van der Waals surface area contributed by atoms with Crippen molar-refractivity contribution in [3.05, 3.63) is 84.9 Å². The number of imidazole rings is 1. The van der Waals surface area contributed by atoms with Crippen LogP contribution in [-0.4, -0.2) is 46.3 Å². The molecule has 1 atom stereocenters. The van der Waals surface area contributed by atoms with E-state index in [1.54, 1.807) is 42.7 Å².